The van der Waals surface area contributed by atoms with Crippen molar-refractivity contribution >= 4 is 59.4 Å². The van der Waals surface area contributed by atoms with E-state index in [1.165, 1.54) is 10.8 Å². The molecule has 0 saturated heterocycles. The van der Waals surface area contributed by atoms with Crippen LogP contribution < -0.4 is 4.74 Å². The second-order valence-corrected chi connectivity index (χ2v) is 9.76. The Morgan fingerprint density at radius 3 is 1.94 bits per heavy atom. The maximum atomic E-state index is 6.04. The average molecular weight is 578 g/mol. The number of ether oxygens (including phenoxy) is 1. The topological polar surface area (TPSA) is 35.8 Å². The predicted octanol–water partition coefficient (Wildman–Crippen LogP) is 7.97. The van der Waals surface area contributed by atoms with Gasteiger partial charge in [0.15, 0.2) is 0 Å². The van der Waals surface area contributed by atoms with E-state index in [2.05, 4.69) is 78.0 Å². The first-order valence-corrected chi connectivity index (χ1v) is 12.5. The third-order valence-corrected chi connectivity index (χ3v) is 6.53. The van der Waals surface area contributed by atoms with Crippen molar-refractivity contribution in [3.63, 3.8) is 0 Å². The molecule has 0 aliphatic carbocycles. The summed E-state index contributed by atoms with van der Waals surface area (Å²) in [7, 11) is 0. The maximum Gasteiger partial charge on any atom is 0.142 e. The number of hydrogen-bond donors (Lipinski definition) is 0. The van der Waals surface area contributed by atoms with Gasteiger partial charge in [-0.15, -0.1) is 0 Å². The van der Waals surface area contributed by atoms with Crippen LogP contribution in [0.25, 0.3) is 21.8 Å². The van der Waals surface area contributed by atoms with Gasteiger partial charge in [0.2, 0.25) is 0 Å². The average Bonchev–Trinajstić information content (AvgIpc) is 3.15. The summed E-state index contributed by atoms with van der Waals surface area (Å²) in [5, 5.41) is 6.87. The van der Waals surface area contributed by atoms with Gasteiger partial charge in [-0.1, -0.05) is 85.5 Å². The van der Waals surface area contributed by atoms with E-state index in [9.17, 15) is 0 Å². The Bertz CT molecular complexity index is 1390. The van der Waals surface area contributed by atoms with Crippen molar-refractivity contribution in [2.75, 3.05) is 6.61 Å². The molecular weight excluding hydrogens is 556 g/mol. The minimum absolute atomic E-state index is 0.326. The van der Waals surface area contributed by atoms with Crippen molar-refractivity contribution in [1.82, 2.24) is 4.57 Å². The van der Waals surface area contributed by atoms with E-state index in [4.69, 9.17) is 9.57 Å². The standard InChI is InChI=1S/C28H22Br2N2O2/c29-21-11-13-27-25(15-21)26-16-22(30)12-14-28(26)32(27)17-23(19-33-24-9-5-2-6-10-24)31-34-18-20-7-3-1-4-8-20/h1-16H,17-19H2/b31-23+. The highest BCUT2D eigenvalue weighted by Crippen LogP contribution is 2.33. The van der Waals surface area contributed by atoms with Gasteiger partial charge in [0.1, 0.15) is 24.7 Å². The Labute approximate surface area is 215 Å². The normalized spacial score (nSPS) is 11.8. The van der Waals surface area contributed by atoms with Crippen molar-refractivity contribution in [2.45, 2.75) is 13.2 Å². The molecule has 0 aliphatic rings. The molecule has 0 spiro atoms. The molecule has 0 saturated carbocycles. The van der Waals surface area contributed by atoms with Gasteiger partial charge in [-0.05, 0) is 54.1 Å². The lowest BCUT2D eigenvalue weighted by Gasteiger charge is -2.12. The zero-order valence-electron chi connectivity index (χ0n) is 18.3. The fourth-order valence-electron chi connectivity index (χ4n) is 3.96. The van der Waals surface area contributed by atoms with Crippen LogP contribution in [-0.4, -0.2) is 16.9 Å². The van der Waals surface area contributed by atoms with Crippen LogP contribution in [0, 0.1) is 0 Å². The molecule has 0 fully saturated rings. The zero-order valence-corrected chi connectivity index (χ0v) is 21.5. The number of nitrogens with zero attached hydrogens (tertiary/aromatic N) is 2. The molecule has 170 valence electrons. The van der Waals surface area contributed by atoms with Crippen molar-refractivity contribution in [3.8, 4) is 5.75 Å². The highest BCUT2D eigenvalue weighted by atomic mass is 79.9. The molecule has 5 aromatic rings. The van der Waals surface area contributed by atoms with Crippen LogP contribution >= 0.6 is 31.9 Å². The Kier molecular flexibility index (Phi) is 6.97. The Morgan fingerprint density at radius 1 is 0.735 bits per heavy atom. The zero-order chi connectivity index (χ0) is 23.3. The fourth-order valence-corrected chi connectivity index (χ4v) is 4.68. The van der Waals surface area contributed by atoms with Crippen molar-refractivity contribution in [3.05, 3.63) is 112 Å². The molecular formula is C28H22Br2N2O2. The number of oxime groups is 1. The number of aromatic nitrogens is 1. The molecule has 4 aromatic carbocycles. The molecule has 0 bridgehead atoms. The minimum atomic E-state index is 0.326. The molecule has 6 heteroatoms. The van der Waals surface area contributed by atoms with E-state index >= 15 is 0 Å². The van der Waals surface area contributed by atoms with E-state index in [1.54, 1.807) is 0 Å². The van der Waals surface area contributed by atoms with Gasteiger partial charge in [0.05, 0.1) is 6.54 Å². The molecule has 1 heterocycles. The van der Waals surface area contributed by atoms with E-state index in [0.29, 0.717) is 19.8 Å². The Morgan fingerprint density at radius 2 is 1.32 bits per heavy atom. The smallest absolute Gasteiger partial charge is 0.142 e. The van der Waals surface area contributed by atoms with Crippen LogP contribution in [0.3, 0.4) is 0 Å². The lowest BCUT2D eigenvalue weighted by atomic mass is 10.2. The summed E-state index contributed by atoms with van der Waals surface area (Å²) in [4.78, 5) is 5.76. The van der Waals surface area contributed by atoms with E-state index in [0.717, 1.165) is 37.0 Å². The minimum Gasteiger partial charge on any atom is -0.487 e. The summed E-state index contributed by atoms with van der Waals surface area (Å²) in [6.45, 7) is 1.28. The van der Waals surface area contributed by atoms with Crippen LogP contribution in [0.2, 0.25) is 0 Å². The van der Waals surface area contributed by atoms with Gasteiger partial charge < -0.3 is 14.1 Å². The molecule has 34 heavy (non-hydrogen) atoms. The summed E-state index contributed by atoms with van der Waals surface area (Å²) in [6.07, 6.45) is 0. The summed E-state index contributed by atoms with van der Waals surface area (Å²) in [5.74, 6) is 0.799. The molecule has 0 unspecified atom stereocenters. The third kappa shape index (κ3) is 5.18. The lowest BCUT2D eigenvalue weighted by Crippen LogP contribution is -2.19. The van der Waals surface area contributed by atoms with Gasteiger partial charge in [0, 0.05) is 30.8 Å². The van der Waals surface area contributed by atoms with E-state index in [-0.39, 0.29) is 0 Å². The number of hydrogen-bond acceptors (Lipinski definition) is 3. The number of fused-ring (bicyclic) bond motifs is 3. The first-order chi connectivity index (χ1) is 16.7. The second-order valence-electron chi connectivity index (χ2n) is 7.93. The van der Waals surface area contributed by atoms with Crippen LogP contribution in [0.4, 0.5) is 0 Å². The van der Waals surface area contributed by atoms with Gasteiger partial charge in [-0.3, -0.25) is 0 Å². The van der Waals surface area contributed by atoms with Crippen LogP contribution in [0.15, 0.2) is 111 Å². The van der Waals surface area contributed by atoms with Crippen molar-refractivity contribution in [1.29, 1.82) is 0 Å². The first-order valence-electron chi connectivity index (χ1n) is 10.9. The molecule has 0 atom stereocenters. The van der Waals surface area contributed by atoms with Crippen LogP contribution in [-0.2, 0) is 18.0 Å². The largest absolute Gasteiger partial charge is 0.487 e. The summed E-state index contributed by atoms with van der Waals surface area (Å²) in [5.41, 5.74) is 4.13. The summed E-state index contributed by atoms with van der Waals surface area (Å²) in [6, 6.07) is 32.5. The number of para-hydroxylation sites is 1. The molecule has 1 aromatic heterocycles. The maximum absolute atomic E-state index is 6.04. The molecule has 0 aliphatic heterocycles. The highest BCUT2D eigenvalue weighted by Gasteiger charge is 2.14. The second kappa shape index (κ2) is 10.5. The number of benzene rings is 4. The van der Waals surface area contributed by atoms with Crippen LogP contribution in [0.1, 0.15) is 5.56 Å². The quantitative estimate of drug-likeness (QED) is 0.138. The summed E-state index contributed by atoms with van der Waals surface area (Å²) >= 11 is 7.24. The van der Waals surface area contributed by atoms with Crippen molar-refractivity contribution < 1.29 is 9.57 Å². The number of rotatable bonds is 8. The Balaban J connectivity index is 1.48. The molecule has 4 nitrogen and oxygen atoms in total. The Hall–Kier alpha value is -3.09. The summed E-state index contributed by atoms with van der Waals surface area (Å²) < 4.78 is 10.4. The van der Waals surface area contributed by atoms with E-state index < -0.39 is 0 Å². The third-order valence-electron chi connectivity index (χ3n) is 5.55. The van der Waals surface area contributed by atoms with Crippen molar-refractivity contribution in [2.24, 2.45) is 5.16 Å². The van der Waals surface area contributed by atoms with Crippen LogP contribution in [0.5, 0.6) is 5.75 Å². The fraction of sp³-hybridized carbons (Fsp3) is 0.107. The molecule has 0 N–H and O–H groups in total. The van der Waals surface area contributed by atoms with Gasteiger partial charge in [0.25, 0.3) is 0 Å². The van der Waals surface area contributed by atoms with Gasteiger partial charge in [-0.2, -0.15) is 0 Å². The first kappa shape index (κ1) is 22.7. The SMILES string of the molecule is Brc1ccc2c(c1)c1cc(Br)ccc1n2C/C(COc1ccccc1)=N\OCc1ccccc1. The van der Waals surface area contributed by atoms with E-state index in [1.807, 2.05) is 60.7 Å². The van der Waals surface area contributed by atoms with Gasteiger partial charge in [-0.25, -0.2) is 0 Å². The lowest BCUT2D eigenvalue weighted by molar-refractivity contribution is 0.128. The highest BCUT2D eigenvalue weighted by molar-refractivity contribution is 9.10. The predicted molar refractivity (Wildman–Crippen MR) is 145 cm³/mol. The number of halogens is 2. The monoisotopic (exact) mass is 576 g/mol. The van der Waals surface area contributed by atoms with Gasteiger partial charge >= 0.3 is 0 Å². The molecule has 0 amide bonds. The molecule has 0 radical (unpaired) electrons. The molecule has 5 rings (SSSR count).